The van der Waals surface area contributed by atoms with Crippen LogP contribution in [0, 0.1) is 5.92 Å². The molecule has 0 heterocycles. The fourth-order valence-corrected chi connectivity index (χ4v) is 1.88. The topological polar surface area (TPSA) is 41.5 Å². The normalized spacial score (nSPS) is 14.6. The molecular formula is C16H27NO2. The zero-order valence-corrected chi connectivity index (χ0v) is 12.4. The van der Waals surface area contributed by atoms with Crippen molar-refractivity contribution in [3.05, 3.63) is 35.9 Å². The Hall–Kier alpha value is -0.900. The third-order valence-corrected chi connectivity index (χ3v) is 3.33. The second-order valence-electron chi connectivity index (χ2n) is 5.58. The van der Waals surface area contributed by atoms with E-state index < -0.39 is 5.54 Å². The molecule has 3 heteroatoms. The van der Waals surface area contributed by atoms with Gasteiger partial charge < -0.3 is 15.2 Å². The molecule has 0 saturated carbocycles. The van der Waals surface area contributed by atoms with Crippen molar-refractivity contribution in [3.8, 4) is 0 Å². The van der Waals surface area contributed by atoms with Gasteiger partial charge in [-0.2, -0.15) is 0 Å². The molecule has 108 valence electrons. The Morgan fingerprint density at radius 2 is 1.89 bits per heavy atom. The van der Waals surface area contributed by atoms with Crippen LogP contribution in [-0.2, 0) is 10.3 Å². The summed E-state index contributed by atoms with van der Waals surface area (Å²) in [4.78, 5) is 0. The third-order valence-electron chi connectivity index (χ3n) is 3.33. The second kappa shape index (κ2) is 8.31. The molecule has 0 radical (unpaired) electrons. The van der Waals surface area contributed by atoms with E-state index in [-0.39, 0.29) is 6.61 Å². The van der Waals surface area contributed by atoms with Crippen LogP contribution in [0.2, 0.25) is 0 Å². The molecule has 3 nitrogen and oxygen atoms in total. The monoisotopic (exact) mass is 265 g/mol. The summed E-state index contributed by atoms with van der Waals surface area (Å²) in [6.45, 7) is 8.69. The van der Waals surface area contributed by atoms with Gasteiger partial charge >= 0.3 is 0 Å². The number of aliphatic hydroxyl groups excluding tert-OH is 1. The van der Waals surface area contributed by atoms with Crippen molar-refractivity contribution in [2.75, 3.05) is 26.4 Å². The van der Waals surface area contributed by atoms with Gasteiger partial charge in [-0.3, -0.25) is 0 Å². The summed E-state index contributed by atoms with van der Waals surface area (Å²) in [6, 6.07) is 10.0. The van der Waals surface area contributed by atoms with E-state index in [1.54, 1.807) is 0 Å². The maximum Gasteiger partial charge on any atom is 0.0652 e. The maximum absolute atomic E-state index is 9.61. The molecule has 0 amide bonds. The van der Waals surface area contributed by atoms with Gasteiger partial charge in [-0.25, -0.2) is 0 Å². The van der Waals surface area contributed by atoms with Crippen molar-refractivity contribution in [2.45, 2.75) is 32.7 Å². The van der Waals surface area contributed by atoms with Crippen LogP contribution in [0.1, 0.15) is 32.8 Å². The van der Waals surface area contributed by atoms with Crippen LogP contribution in [-0.4, -0.2) is 31.5 Å². The lowest BCUT2D eigenvalue weighted by molar-refractivity contribution is 0.108. The Labute approximate surface area is 117 Å². The molecule has 1 rings (SSSR count). The van der Waals surface area contributed by atoms with E-state index in [0.717, 1.165) is 25.1 Å². The van der Waals surface area contributed by atoms with Crippen LogP contribution >= 0.6 is 0 Å². The Morgan fingerprint density at radius 1 is 1.21 bits per heavy atom. The lowest BCUT2D eigenvalue weighted by atomic mass is 9.93. The summed E-state index contributed by atoms with van der Waals surface area (Å²) in [5.41, 5.74) is 0.697. The summed E-state index contributed by atoms with van der Waals surface area (Å²) in [5, 5.41) is 13.0. The molecule has 0 fully saturated rings. The van der Waals surface area contributed by atoms with Gasteiger partial charge in [-0.05, 0) is 24.8 Å². The van der Waals surface area contributed by atoms with Crippen molar-refractivity contribution >= 4 is 0 Å². The van der Waals surface area contributed by atoms with Crippen molar-refractivity contribution in [1.29, 1.82) is 0 Å². The lowest BCUT2D eigenvalue weighted by Gasteiger charge is -2.29. The van der Waals surface area contributed by atoms with Gasteiger partial charge in [0.15, 0.2) is 0 Å². The lowest BCUT2D eigenvalue weighted by Crippen LogP contribution is -2.44. The molecule has 1 aromatic carbocycles. The zero-order valence-electron chi connectivity index (χ0n) is 12.4. The standard InChI is InChI=1S/C16H27NO2/c1-14(2)9-11-19-12-10-17-16(3,13-18)15-7-5-4-6-8-15/h4-8,14,17-18H,9-13H2,1-3H3. The first-order valence-corrected chi connectivity index (χ1v) is 7.07. The molecule has 2 N–H and O–H groups in total. The first-order valence-electron chi connectivity index (χ1n) is 7.07. The average Bonchev–Trinajstić information content (AvgIpc) is 2.43. The number of hydrogen-bond acceptors (Lipinski definition) is 3. The van der Waals surface area contributed by atoms with Crippen LogP contribution in [0.3, 0.4) is 0 Å². The molecule has 1 unspecified atom stereocenters. The molecule has 0 aliphatic heterocycles. The van der Waals surface area contributed by atoms with Crippen LogP contribution in [0.4, 0.5) is 0 Å². The Kier molecular flexibility index (Phi) is 7.06. The van der Waals surface area contributed by atoms with Crippen molar-refractivity contribution < 1.29 is 9.84 Å². The summed E-state index contributed by atoms with van der Waals surface area (Å²) in [5.74, 6) is 0.681. The number of nitrogens with one attached hydrogen (secondary N) is 1. The van der Waals surface area contributed by atoms with Gasteiger partial charge in [-0.1, -0.05) is 44.2 Å². The maximum atomic E-state index is 9.61. The Balaban J connectivity index is 2.33. The van der Waals surface area contributed by atoms with E-state index in [1.807, 2.05) is 37.3 Å². The minimum Gasteiger partial charge on any atom is -0.394 e. The predicted molar refractivity (Wildman–Crippen MR) is 79.2 cm³/mol. The predicted octanol–water partition coefficient (Wildman–Crippen LogP) is 2.55. The molecule has 19 heavy (non-hydrogen) atoms. The highest BCUT2D eigenvalue weighted by molar-refractivity contribution is 5.23. The fourth-order valence-electron chi connectivity index (χ4n) is 1.88. The highest BCUT2D eigenvalue weighted by atomic mass is 16.5. The first-order chi connectivity index (χ1) is 9.08. The van der Waals surface area contributed by atoms with Gasteiger partial charge in [0.05, 0.1) is 18.8 Å². The summed E-state index contributed by atoms with van der Waals surface area (Å²) in [6.07, 6.45) is 1.09. The number of aliphatic hydroxyl groups is 1. The van der Waals surface area contributed by atoms with Crippen molar-refractivity contribution in [2.24, 2.45) is 5.92 Å². The van der Waals surface area contributed by atoms with E-state index >= 15 is 0 Å². The Bertz CT molecular complexity index is 340. The van der Waals surface area contributed by atoms with E-state index in [0.29, 0.717) is 12.5 Å². The number of rotatable bonds is 9. The van der Waals surface area contributed by atoms with Crippen LogP contribution in [0.5, 0.6) is 0 Å². The highest BCUT2D eigenvalue weighted by Crippen LogP contribution is 2.19. The minimum absolute atomic E-state index is 0.0724. The molecule has 0 aliphatic rings. The van der Waals surface area contributed by atoms with E-state index in [9.17, 15) is 5.11 Å². The van der Waals surface area contributed by atoms with Gasteiger partial charge in [0.1, 0.15) is 0 Å². The molecule has 0 aliphatic carbocycles. The fraction of sp³-hybridized carbons (Fsp3) is 0.625. The van der Waals surface area contributed by atoms with Gasteiger partial charge in [0.25, 0.3) is 0 Å². The third kappa shape index (κ3) is 5.72. The molecule has 0 bridgehead atoms. The van der Waals surface area contributed by atoms with Crippen molar-refractivity contribution in [3.63, 3.8) is 0 Å². The van der Waals surface area contributed by atoms with E-state index in [2.05, 4.69) is 19.2 Å². The minimum atomic E-state index is -0.400. The zero-order chi connectivity index (χ0) is 14.1. The van der Waals surface area contributed by atoms with Crippen molar-refractivity contribution in [1.82, 2.24) is 5.32 Å². The average molecular weight is 265 g/mol. The quantitative estimate of drug-likeness (QED) is 0.674. The van der Waals surface area contributed by atoms with E-state index in [1.165, 1.54) is 0 Å². The van der Waals surface area contributed by atoms with Gasteiger partial charge in [-0.15, -0.1) is 0 Å². The number of hydrogen-bond donors (Lipinski definition) is 2. The molecule has 0 spiro atoms. The molecule has 0 aromatic heterocycles. The van der Waals surface area contributed by atoms with E-state index in [4.69, 9.17) is 4.74 Å². The molecular weight excluding hydrogens is 238 g/mol. The summed E-state index contributed by atoms with van der Waals surface area (Å²) >= 11 is 0. The second-order valence-corrected chi connectivity index (χ2v) is 5.58. The van der Waals surface area contributed by atoms with Crippen LogP contribution in [0.25, 0.3) is 0 Å². The van der Waals surface area contributed by atoms with Gasteiger partial charge in [0.2, 0.25) is 0 Å². The molecule has 1 atom stereocenters. The molecule has 0 saturated heterocycles. The number of ether oxygens (including phenoxy) is 1. The van der Waals surface area contributed by atoms with Crippen LogP contribution in [0.15, 0.2) is 30.3 Å². The smallest absolute Gasteiger partial charge is 0.0652 e. The van der Waals surface area contributed by atoms with Crippen LogP contribution < -0.4 is 5.32 Å². The van der Waals surface area contributed by atoms with Gasteiger partial charge in [0, 0.05) is 13.2 Å². The number of benzene rings is 1. The SMILES string of the molecule is CC(C)CCOCCNC(C)(CO)c1ccccc1. The Morgan fingerprint density at radius 3 is 2.47 bits per heavy atom. The largest absolute Gasteiger partial charge is 0.394 e. The summed E-state index contributed by atoms with van der Waals surface area (Å²) in [7, 11) is 0. The summed E-state index contributed by atoms with van der Waals surface area (Å²) < 4.78 is 5.58. The first kappa shape index (κ1) is 16.2. The molecule has 1 aromatic rings. The highest BCUT2D eigenvalue weighted by Gasteiger charge is 2.24.